The zero-order valence-electron chi connectivity index (χ0n) is 10.6. The molecular weight excluding hydrogens is 216 g/mol. The number of Topliss-reactive ketones (excluding diaryl/α,β-unsaturated/α-hetero) is 1. The molecule has 1 aromatic carbocycles. The summed E-state index contributed by atoms with van der Waals surface area (Å²) >= 11 is 0. The van der Waals surface area contributed by atoms with Gasteiger partial charge in [-0.3, -0.25) is 4.79 Å². The van der Waals surface area contributed by atoms with Crippen molar-refractivity contribution in [3.8, 4) is 0 Å². The third-order valence-electron chi connectivity index (χ3n) is 2.58. The van der Waals surface area contributed by atoms with Gasteiger partial charge in [0.05, 0.1) is 12.2 Å². The predicted molar refractivity (Wildman–Crippen MR) is 66.4 cm³/mol. The van der Waals surface area contributed by atoms with E-state index in [9.17, 15) is 9.59 Å². The molecule has 0 aliphatic rings. The van der Waals surface area contributed by atoms with E-state index in [4.69, 9.17) is 4.74 Å². The maximum atomic E-state index is 11.7. The predicted octanol–water partition coefficient (Wildman–Crippen LogP) is 3.15. The highest BCUT2D eigenvalue weighted by Crippen LogP contribution is 2.13. The van der Waals surface area contributed by atoms with E-state index in [0.717, 1.165) is 18.4 Å². The first-order valence-electron chi connectivity index (χ1n) is 5.85. The Balaban J connectivity index is 2.78. The highest BCUT2D eigenvalue weighted by molar-refractivity contribution is 5.97. The summed E-state index contributed by atoms with van der Waals surface area (Å²) in [4.78, 5) is 22.9. The van der Waals surface area contributed by atoms with Crippen LogP contribution in [0.3, 0.4) is 0 Å². The molecule has 0 amide bonds. The smallest absolute Gasteiger partial charge is 0.338 e. The minimum absolute atomic E-state index is 0.000926. The van der Waals surface area contributed by atoms with Crippen molar-refractivity contribution >= 4 is 11.8 Å². The van der Waals surface area contributed by atoms with Crippen molar-refractivity contribution in [2.24, 2.45) is 0 Å². The Morgan fingerprint density at radius 2 is 2.00 bits per heavy atom. The number of hydrogen-bond donors (Lipinski definition) is 0. The van der Waals surface area contributed by atoms with Crippen molar-refractivity contribution in [2.45, 2.75) is 33.6 Å². The topological polar surface area (TPSA) is 43.4 Å². The van der Waals surface area contributed by atoms with Crippen LogP contribution in [-0.4, -0.2) is 18.4 Å². The number of ketones is 1. The summed E-state index contributed by atoms with van der Waals surface area (Å²) in [5.41, 5.74) is 1.93. The lowest BCUT2D eigenvalue weighted by Gasteiger charge is -2.07. The molecular formula is C14H18O3. The number of ether oxygens (including phenoxy) is 1. The Morgan fingerprint density at radius 3 is 2.53 bits per heavy atom. The summed E-state index contributed by atoms with van der Waals surface area (Å²) in [6, 6.07) is 5.03. The Hall–Kier alpha value is -1.64. The average molecular weight is 234 g/mol. The molecule has 17 heavy (non-hydrogen) atoms. The SMILES string of the molecule is CCCCOC(=O)c1ccc(C(C)=O)cc1C. The second-order valence-corrected chi connectivity index (χ2v) is 4.08. The molecule has 0 saturated carbocycles. The number of aryl methyl sites for hydroxylation is 1. The number of unbranched alkanes of at least 4 members (excludes halogenated alkanes) is 1. The summed E-state index contributed by atoms with van der Waals surface area (Å²) in [5, 5.41) is 0. The molecule has 0 radical (unpaired) electrons. The molecule has 0 fully saturated rings. The molecule has 1 rings (SSSR count). The van der Waals surface area contributed by atoms with E-state index in [-0.39, 0.29) is 11.8 Å². The van der Waals surface area contributed by atoms with Crippen LogP contribution in [0.4, 0.5) is 0 Å². The number of carbonyl (C=O) groups excluding carboxylic acids is 2. The summed E-state index contributed by atoms with van der Waals surface area (Å²) in [7, 11) is 0. The van der Waals surface area contributed by atoms with Crippen molar-refractivity contribution in [3.05, 3.63) is 34.9 Å². The number of benzene rings is 1. The van der Waals surface area contributed by atoms with Gasteiger partial charge in [-0.1, -0.05) is 19.4 Å². The summed E-state index contributed by atoms with van der Waals surface area (Å²) < 4.78 is 5.13. The number of rotatable bonds is 5. The summed E-state index contributed by atoms with van der Waals surface area (Å²) in [6.07, 6.45) is 1.87. The zero-order chi connectivity index (χ0) is 12.8. The molecule has 0 aromatic heterocycles. The molecule has 0 aliphatic carbocycles. The van der Waals surface area contributed by atoms with Gasteiger partial charge in [0, 0.05) is 5.56 Å². The van der Waals surface area contributed by atoms with Gasteiger partial charge in [-0.25, -0.2) is 4.79 Å². The van der Waals surface area contributed by atoms with Crippen LogP contribution in [-0.2, 0) is 4.74 Å². The molecule has 1 aromatic rings. The third-order valence-corrected chi connectivity index (χ3v) is 2.58. The van der Waals surface area contributed by atoms with E-state index in [1.54, 1.807) is 18.2 Å². The maximum Gasteiger partial charge on any atom is 0.338 e. The van der Waals surface area contributed by atoms with Gasteiger partial charge < -0.3 is 4.74 Å². The van der Waals surface area contributed by atoms with Crippen LogP contribution in [0.2, 0.25) is 0 Å². The summed E-state index contributed by atoms with van der Waals surface area (Å²) in [6.45, 7) is 5.81. The fraction of sp³-hybridized carbons (Fsp3) is 0.429. The van der Waals surface area contributed by atoms with Crippen molar-refractivity contribution in [1.29, 1.82) is 0 Å². The first-order chi connectivity index (χ1) is 8.06. The van der Waals surface area contributed by atoms with E-state index >= 15 is 0 Å². The Labute approximate surface area is 102 Å². The standard InChI is InChI=1S/C14H18O3/c1-4-5-8-17-14(16)13-7-6-12(11(3)15)9-10(13)2/h6-7,9H,4-5,8H2,1-3H3. The van der Waals surface area contributed by atoms with Gasteiger partial charge in [-0.05, 0) is 38.0 Å². The highest BCUT2D eigenvalue weighted by atomic mass is 16.5. The fourth-order valence-corrected chi connectivity index (χ4v) is 1.50. The molecule has 0 unspecified atom stereocenters. The molecule has 3 nitrogen and oxygen atoms in total. The van der Waals surface area contributed by atoms with Gasteiger partial charge in [0.25, 0.3) is 0 Å². The Kier molecular flexibility index (Phi) is 4.88. The van der Waals surface area contributed by atoms with Crippen molar-refractivity contribution in [3.63, 3.8) is 0 Å². The Bertz CT molecular complexity index is 421. The van der Waals surface area contributed by atoms with E-state index in [2.05, 4.69) is 0 Å². The van der Waals surface area contributed by atoms with E-state index in [1.165, 1.54) is 6.92 Å². The van der Waals surface area contributed by atoms with E-state index < -0.39 is 0 Å². The molecule has 0 N–H and O–H groups in total. The average Bonchev–Trinajstić information content (AvgIpc) is 2.28. The normalized spacial score (nSPS) is 10.1. The van der Waals surface area contributed by atoms with Gasteiger partial charge >= 0.3 is 5.97 Å². The number of carbonyl (C=O) groups is 2. The van der Waals surface area contributed by atoms with E-state index in [1.807, 2.05) is 13.8 Å². The molecule has 0 heterocycles. The van der Waals surface area contributed by atoms with Crippen molar-refractivity contribution in [1.82, 2.24) is 0 Å². The van der Waals surface area contributed by atoms with Crippen molar-refractivity contribution in [2.75, 3.05) is 6.61 Å². The van der Waals surface area contributed by atoms with Gasteiger partial charge in [-0.2, -0.15) is 0 Å². The third kappa shape index (κ3) is 3.70. The van der Waals surface area contributed by atoms with Crippen LogP contribution in [0, 0.1) is 6.92 Å². The molecule has 0 aliphatic heterocycles. The monoisotopic (exact) mass is 234 g/mol. The van der Waals surface area contributed by atoms with Crippen LogP contribution in [0.25, 0.3) is 0 Å². The first-order valence-corrected chi connectivity index (χ1v) is 5.85. The first kappa shape index (κ1) is 13.4. The maximum absolute atomic E-state index is 11.7. The quantitative estimate of drug-likeness (QED) is 0.446. The van der Waals surface area contributed by atoms with Crippen LogP contribution < -0.4 is 0 Å². The minimum Gasteiger partial charge on any atom is -0.462 e. The minimum atomic E-state index is -0.314. The van der Waals surface area contributed by atoms with Gasteiger partial charge in [0.2, 0.25) is 0 Å². The molecule has 0 saturated heterocycles. The lowest BCUT2D eigenvalue weighted by molar-refractivity contribution is 0.0498. The lowest BCUT2D eigenvalue weighted by atomic mass is 10.0. The Morgan fingerprint density at radius 1 is 1.29 bits per heavy atom. The molecule has 0 spiro atoms. The van der Waals surface area contributed by atoms with E-state index in [0.29, 0.717) is 17.7 Å². The van der Waals surface area contributed by atoms with Crippen LogP contribution >= 0.6 is 0 Å². The largest absolute Gasteiger partial charge is 0.462 e. The zero-order valence-corrected chi connectivity index (χ0v) is 10.6. The second-order valence-electron chi connectivity index (χ2n) is 4.08. The van der Waals surface area contributed by atoms with Gasteiger partial charge in [-0.15, -0.1) is 0 Å². The van der Waals surface area contributed by atoms with Crippen LogP contribution in [0.1, 0.15) is 53.0 Å². The fourth-order valence-electron chi connectivity index (χ4n) is 1.50. The number of esters is 1. The van der Waals surface area contributed by atoms with Crippen LogP contribution in [0.15, 0.2) is 18.2 Å². The molecule has 3 heteroatoms. The lowest BCUT2D eigenvalue weighted by Crippen LogP contribution is -2.09. The number of hydrogen-bond acceptors (Lipinski definition) is 3. The summed E-state index contributed by atoms with van der Waals surface area (Å²) in [5.74, 6) is -0.315. The van der Waals surface area contributed by atoms with Crippen molar-refractivity contribution < 1.29 is 14.3 Å². The molecule has 0 bridgehead atoms. The van der Waals surface area contributed by atoms with Crippen LogP contribution in [0.5, 0.6) is 0 Å². The van der Waals surface area contributed by atoms with Gasteiger partial charge in [0.15, 0.2) is 5.78 Å². The van der Waals surface area contributed by atoms with Gasteiger partial charge in [0.1, 0.15) is 0 Å². The molecule has 0 atom stereocenters. The highest BCUT2D eigenvalue weighted by Gasteiger charge is 2.11. The molecule has 92 valence electrons. The second kappa shape index (κ2) is 6.18.